The molecule has 0 atom stereocenters. The van der Waals surface area contributed by atoms with Crippen LogP contribution in [0.1, 0.15) is 14.7 Å². The summed E-state index contributed by atoms with van der Waals surface area (Å²) in [4.78, 5) is 14.4. The van der Waals surface area contributed by atoms with Gasteiger partial charge in [-0.25, -0.2) is 4.98 Å². The molecule has 0 unspecified atom stereocenters. The van der Waals surface area contributed by atoms with Crippen molar-refractivity contribution in [3.05, 3.63) is 16.1 Å². The second kappa shape index (κ2) is 2.45. The van der Waals surface area contributed by atoms with Gasteiger partial charge >= 0.3 is 0 Å². The molecule has 1 amide bonds. The van der Waals surface area contributed by atoms with Gasteiger partial charge in [0.25, 0.3) is 5.91 Å². The lowest BCUT2D eigenvalue weighted by atomic mass is 10.6. The normalized spacial score (nSPS) is 8.70. The van der Waals surface area contributed by atoms with Gasteiger partial charge in [0.1, 0.15) is 10.9 Å². The van der Waals surface area contributed by atoms with E-state index in [-0.39, 0.29) is 5.01 Å². The average molecular weight is 153 g/mol. The maximum Gasteiger partial charge on any atom is 0.277 e. The number of rotatable bonds is 1. The topological polar surface area (TPSA) is 79.8 Å². The highest BCUT2D eigenvalue weighted by Crippen LogP contribution is 2.09. The summed E-state index contributed by atoms with van der Waals surface area (Å²) in [7, 11) is 0. The van der Waals surface area contributed by atoms with Gasteiger partial charge in [0.15, 0.2) is 5.01 Å². The number of nitriles is 1. The summed E-state index contributed by atoms with van der Waals surface area (Å²) >= 11 is 0.994. The van der Waals surface area contributed by atoms with Crippen molar-refractivity contribution >= 4 is 17.2 Å². The highest BCUT2D eigenvalue weighted by Gasteiger charge is 2.04. The zero-order chi connectivity index (χ0) is 7.56. The van der Waals surface area contributed by atoms with Crippen LogP contribution in [0.5, 0.6) is 0 Å². The summed E-state index contributed by atoms with van der Waals surface area (Å²) < 4.78 is 0. The molecule has 1 aromatic rings. The predicted octanol–water partition coefficient (Wildman–Crippen LogP) is 0.114. The second-order valence-corrected chi connectivity index (χ2v) is 2.54. The highest BCUT2D eigenvalue weighted by molar-refractivity contribution is 7.14. The Kier molecular flexibility index (Phi) is 1.65. The highest BCUT2D eigenvalue weighted by atomic mass is 32.1. The van der Waals surface area contributed by atoms with E-state index in [4.69, 9.17) is 11.0 Å². The van der Waals surface area contributed by atoms with Crippen molar-refractivity contribution in [3.63, 3.8) is 0 Å². The van der Waals surface area contributed by atoms with Gasteiger partial charge in [-0.15, -0.1) is 0 Å². The lowest BCUT2D eigenvalue weighted by Crippen LogP contribution is -2.09. The molecule has 0 aliphatic carbocycles. The van der Waals surface area contributed by atoms with Gasteiger partial charge in [0.2, 0.25) is 0 Å². The van der Waals surface area contributed by atoms with Gasteiger partial charge in [-0.2, -0.15) is 5.26 Å². The molecule has 0 spiro atoms. The van der Waals surface area contributed by atoms with Crippen molar-refractivity contribution in [2.45, 2.75) is 0 Å². The van der Waals surface area contributed by atoms with E-state index in [1.54, 1.807) is 0 Å². The molecule has 0 fully saturated rings. The minimum atomic E-state index is -0.591. The molecule has 1 heterocycles. The molecule has 50 valence electrons. The van der Waals surface area contributed by atoms with Crippen LogP contribution in [-0.4, -0.2) is 10.9 Å². The number of nitrogens with zero attached hydrogens (tertiary/aromatic N) is 2. The van der Waals surface area contributed by atoms with Crippen LogP contribution in [0.2, 0.25) is 0 Å². The van der Waals surface area contributed by atoms with Gasteiger partial charge in [0.05, 0.1) is 6.20 Å². The van der Waals surface area contributed by atoms with E-state index in [1.165, 1.54) is 6.20 Å². The minimum Gasteiger partial charge on any atom is -0.364 e. The van der Waals surface area contributed by atoms with Crippen molar-refractivity contribution in [2.75, 3.05) is 0 Å². The number of hydrogen-bond acceptors (Lipinski definition) is 4. The van der Waals surface area contributed by atoms with Crippen LogP contribution in [-0.2, 0) is 0 Å². The predicted molar refractivity (Wildman–Crippen MR) is 35.3 cm³/mol. The van der Waals surface area contributed by atoms with Crippen LogP contribution >= 0.6 is 11.3 Å². The molecule has 4 nitrogen and oxygen atoms in total. The van der Waals surface area contributed by atoms with Crippen LogP contribution in [0.3, 0.4) is 0 Å². The summed E-state index contributed by atoms with van der Waals surface area (Å²) in [5.74, 6) is -0.591. The fourth-order valence-corrected chi connectivity index (χ4v) is 1.01. The maximum absolute atomic E-state index is 10.4. The summed E-state index contributed by atoms with van der Waals surface area (Å²) in [5.41, 5.74) is 4.88. The van der Waals surface area contributed by atoms with E-state index >= 15 is 0 Å². The smallest absolute Gasteiger partial charge is 0.277 e. The fraction of sp³-hybridized carbons (Fsp3) is 0. The van der Waals surface area contributed by atoms with Gasteiger partial charge in [-0.05, 0) is 0 Å². The number of hydrogen-bond donors (Lipinski definition) is 1. The molecule has 0 saturated carbocycles. The van der Waals surface area contributed by atoms with Crippen LogP contribution in [0, 0.1) is 11.3 Å². The number of nitrogens with two attached hydrogens (primary N) is 1. The van der Waals surface area contributed by atoms with E-state index in [1.807, 2.05) is 6.07 Å². The summed E-state index contributed by atoms with van der Waals surface area (Å²) in [5, 5.41) is 8.48. The Morgan fingerprint density at radius 3 is 2.90 bits per heavy atom. The average Bonchev–Trinajstić information content (AvgIpc) is 2.34. The number of thiazole rings is 1. The van der Waals surface area contributed by atoms with E-state index in [9.17, 15) is 4.79 Å². The third kappa shape index (κ3) is 1.11. The molecule has 0 saturated heterocycles. The van der Waals surface area contributed by atoms with Crippen LogP contribution in [0.25, 0.3) is 0 Å². The van der Waals surface area contributed by atoms with E-state index in [0.29, 0.717) is 4.88 Å². The Labute approximate surface area is 60.9 Å². The first-order valence-electron chi connectivity index (χ1n) is 2.40. The molecule has 1 aromatic heterocycles. The quantitative estimate of drug-likeness (QED) is 0.622. The summed E-state index contributed by atoms with van der Waals surface area (Å²) in [6.07, 6.45) is 1.32. The first-order valence-corrected chi connectivity index (χ1v) is 3.21. The number of aromatic nitrogens is 1. The largest absolute Gasteiger partial charge is 0.364 e. The molecular weight excluding hydrogens is 150 g/mol. The zero-order valence-electron chi connectivity index (χ0n) is 4.87. The molecule has 10 heavy (non-hydrogen) atoms. The Balaban J connectivity index is 3.02. The van der Waals surface area contributed by atoms with Crippen molar-refractivity contribution in [1.29, 1.82) is 5.26 Å². The van der Waals surface area contributed by atoms with Gasteiger partial charge in [-0.1, -0.05) is 11.3 Å². The van der Waals surface area contributed by atoms with Crippen molar-refractivity contribution < 1.29 is 4.79 Å². The SMILES string of the molecule is N#Cc1cnc(C(N)=O)s1. The zero-order valence-corrected chi connectivity index (χ0v) is 5.68. The third-order valence-corrected chi connectivity index (χ3v) is 1.74. The van der Waals surface area contributed by atoms with E-state index in [0.717, 1.165) is 11.3 Å². The molecule has 2 N–H and O–H groups in total. The molecule has 0 aliphatic heterocycles. The van der Waals surface area contributed by atoms with Gasteiger partial charge in [0, 0.05) is 0 Å². The summed E-state index contributed by atoms with van der Waals surface area (Å²) in [6, 6.07) is 1.85. The number of carbonyl (C=O) groups excluding carboxylic acids is 1. The lowest BCUT2D eigenvalue weighted by Gasteiger charge is -1.79. The molecule has 0 radical (unpaired) electrons. The van der Waals surface area contributed by atoms with Crippen molar-refractivity contribution in [2.24, 2.45) is 5.73 Å². The van der Waals surface area contributed by atoms with E-state index in [2.05, 4.69) is 4.98 Å². The van der Waals surface area contributed by atoms with E-state index < -0.39 is 5.91 Å². The number of carbonyl (C=O) groups is 1. The minimum absolute atomic E-state index is 0.177. The van der Waals surface area contributed by atoms with Crippen LogP contribution in [0.4, 0.5) is 0 Å². The summed E-state index contributed by atoms with van der Waals surface area (Å²) in [6.45, 7) is 0. The molecule has 1 rings (SSSR count). The third-order valence-electron chi connectivity index (χ3n) is 0.827. The molecule has 5 heteroatoms. The Morgan fingerprint density at radius 1 is 1.90 bits per heavy atom. The van der Waals surface area contributed by atoms with Crippen LogP contribution in [0.15, 0.2) is 6.20 Å². The number of primary amides is 1. The first kappa shape index (κ1) is 6.71. The van der Waals surface area contributed by atoms with Crippen molar-refractivity contribution in [3.8, 4) is 6.07 Å². The lowest BCUT2D eigenvalue weighted by molar-refractivity contribution is 0.1000. The maximum atomic E-state index is 10.4. The number of amides is 1. The molecule has 0 bridgehead atoms. The Bertz CT molecular complexity index is 298. The Hall–Kier alpha value is -1.41. The molecular formula is C5H3N3OS. The molecule has 0 aromatic carbocycles. The first-order chi connectivity index (χ1) is 4.74. The van der Waals surface area contributed by atoms with Crippen molar-refractivity contribution in [1.82, 2.24) is 4.98 Å². The second-order valence-electron chi connectivity index (χ2n) is 1.51. The monoisotopic (exact) mass is 153 g/mol. The Morgan fingerprint density at radius 2 is 2.60 bits per heavy atom. The van der Waals surface area contributed by atoms with Gasteiger partial charge < -0.3 is 5.73 Å². The standard InChI is InChI=1S/C5H3N3OS/c6-1-3-2-8-5(10-3)4(7)9/h2H,(H2,7,9). The van der Waals surface area contributed by atoms with Crippen LogP contribution < -0.4 is 5.73 Å². The fourth-order valence-electron chi connectivity index (χ4n) is 0.440. The molecule has 0 aliphatic rings. The van der Waals surface area contributed by atoms with Gasteiger partial charge in [-0.3, -0.25) is 4.79 Å².